The monoisotopic (exact) mass is 162 g/mol. The Morgan fingerprint density at radius 3 is 2.75 bits per heavy atom. The molecule has 64 valence electrons. The number of methoxy groups -OCH3 is 1. The Bertz CT molecular complexity index is 253. The van der Waals surface area contributed by atoms with E-state index in [0.29, 0.717) is 0 Å². The molecule has 1 heteroatoms. The van der Waals surface area contributed by atoms with Crippen LogP contribution < -0.4 is 4.74 Å². The summed E-state index contributed by atoms with van der Waals surface area (Å²) in [5.41, 5.74) is 2.22. The van der Waals surface area contributed by atoms with E-state index in [1.54, 1.807) is 7.11 Å². The van der Waals surface area contributed by atoms with Crippen molar-refractivity contribution < 1.29 is 4.74 Å². The van der Waals surface area contributed by atoms with E-state index >= 15 is 0 Å². The first-order chi connectivity index (χ1) is 5.77. The fourth-order valence-electron chi connectivity index (χ4n) is 1.22. The summed E-state index contributed by atoms with van der Waals surface area (Å²) in [5.74, 6) is 0.936. The molecule has 0 saturated heterocycles. The van der Waals surface area contributed by atoms with Crippen LogP contribution in [0.3, 0.4) is 0 Å². The summed E-state index contributed by atoms with van der Waals surface area (Å²) in [6, 6.07) is 5.95. The summed E-state index contributed by atoms with van der Waals surface area (Å²) in [4.78, 5) is 0. The molecule has 0 aliphatic carbocycles. The van der Waals surface area contributed by atoms with Gasteiger partial charge < -0.3 is 4.74 Å². The van der Waals surface area contributed by atoms with Gasteiger partial charge in [0.2, 0.25) is 0 Å². The molecular weight excluding hydrogens is 148 g/mol. The normalized spacial score (nSPS) is 9.92. The first-order valence-electron chi connectivity index (χ1n) is 4.06. The lowest BCUT2D eigenvalue weighted by molar-refractivity contribution is 0.409. The van der Waals surface area contributed by atoms with Crippen LogP contribution in [-0.4, -0.2) is 7.11 Å². The van der Waals surface area contributed by atoms with E-state index in [4.69, 9.17) is 4.74 Å². The number of rotatable bonds is 3. The zero-order chi connectivity index (χ0) is 8.97. The lowest BCUT2D eigenvalue weighted by atomic mass is 10.1. The van der Waals surface area contributed by atoms with E-state index in [1.165, 1.54) is 5.56 Å². The lowest BCUT2D eigenvalue weighted by Crippen LogP contribution is -1.92. The zero-order valence-corrected chi connectivity index (χ0v) is 7.47. The minimum atomic E-state index is 0.889. The SMILES string of the molecule is [CH2]CCc1cc([CH2])ccc1OC. The number of hydrogen-bond donors (Lipinski definition) is 0. The molecule has 1 aromatic rings. The van der Waals surface area contributed by atoms with Gasteiger partial charge in [-0.05, 0) is 37.0 Å². The molecule has 0 spiro atoms. The first-order valence-corrected chi connectivity index (χ1v) is 4.06. The molecule has 0 bridgehead atoms. The van der Waals surface area contributed by atoms with Crippen LogP contribution in [0, 0.1) is 13.8 Å². The van der Waals surface area contributed by atoms with Crippen molar-refractivity contribution in [1.29, 1.82) is 0 Å². The minimum Gasteiger partial charge on any atom is -0.496 e. The maximum absolute atomic E-state index is 5.20. The zero-order valence-electron chi connectivity index (χ0n) is 7.47. The summed E-state index contributed by atoms with van der Waals surface area (Å²) < 4.78 is 5.20. The Balaban J connectivity index is 2.95. The molecule has 0 aromatic heterocycles. The van der Waals surface area contributed by atoms with Crippen molar-refractivity contribution in [3.8, 4) is 5.75 Å². The second-order valence-corrected chi connectivity index (χ2v) is 2.75. The van der Waals surface area contributed by atoms with Crippen LogP contribution in [-0.2, 0) is 6.42 Å². The van der Waals surface area contributed by atoms with Gasteiger partial charge >= 0.3 is 0 Å². The number of ether oxygens (including phenoxy) is 1. The number of benzene rings is 1. The minimum absolute atomic E-state index is 0.889. The molecule has 1 rings (SSSR count). The number of aryl methyl sites for hydroxylation is 1. The molecule has 2 radical (unpaired) electrons. The van der Waals surface area contributed by atoms with Gasteiger partial charge in [0, 0.05) is 0 Å². The molecule has 0 atom stereocenters. The maximum Gasteiger partial charge on any atom is 0.122 e. The summed E-state index contributed by atoms with van der Waals surface area (Å²) in [6.45, 7) is 7.67. The van der Waals surface area contributed by atoms with Gasteiger partial charge in [-0.25, -0.2) is 0 Å². The van der Waals surface area contributed by atoms with Crippen molar-refractivity contribution in [3.05, 3.63) is 43.2 Å². The fraction of sp³-hybridized carbons (Fsp3) is 0.273. The molecule has 0 unspecified atom stereocenters. The summed E-state index contributed by atoms with van der Waals surface area (Å²) in [6.07, 6.45) is 1.84. The highest BCUT2D eigenvalue weighted by Gasteiger charge is 2.00. The average Bonchev–Trinajstić information content (AvgIpc) is 2.05. The van der Waals surface area contributed by atoms with Crippen LogP contribution in [0.25, 0.3) is 0 Å². The van der Waals surface area contributed by atoms with Crippen LogP contribution in [0.2, 0.25) is 0 Å². The van der Waals surface area contributed by atoms with Crippen molar-refractivity contribution in [2.45, 2.75) is 12.8 Å². The smallest absolute Gasteiger partial charge is 0.122 e. The molecular formula is C11H14O. The third kappa shape index (κ3) is 2.00. The van der Waals surface area contributed by atoms with E-state index in [1.807, 2.05) is 18.2 Å². The molecule has 0 aliphatic heterocycles. The van der Waals surface area contributed by atoms with Gasteiger partial charge in [-0.3, -0.25) is 0 Å². The molecule has 0 aliphatic rings. The third-order valence-corrected chi connectivity index (χ3v) is 1.79. The van der Waals surface area contributed by atoms with Crippen molar-refractivity contribution in [2.75, 3.05) is 7.11 Å². The maximum atomic E-state index is 5.20. The van der Waals surface area contributed by atoms with Crippen LogP contribution >= 0.6 is 0 Å². The van der Waals surface area contributed by atoms with Gasteiger partial charge in [0.1, 0.15) is 5.75 Å². The van der Waals surface area contributed by atoms with Gasteiger partial charge in [0.05, 0.1) is 7.11 Å². The van der Waals surface area contributed by atoms with E-state index in [-0.39, 0.29) is 0 Å². The van der Waals surface area contributed by atoms with Gasteiger partial charge in [-0.15, -0.1) is 0 Å². The van der Waals surface area contributed by atoms with Crippen LogP contribution in [0.5, 0.6) is 5.75 Å². The number of hydrogen-bond acceptors (Lipinski definition) is 1. The second-order valence-electron chi connectivity index (χ2n) is 2.75. The summed E-state index contributed by atoms with van der Waals surface area (Å²) in [7, 11) is 1.69. The highest BCUT2D eigenvalue weighted by atomic mass is 16.5. The Kier molecular flexibility index (Phi) is 3.15. The third-order valence-electron chi connectivity index (χ3n) is 1.79. The summed E-state index contributed by atoms with van der Waals surface area (Å²) >= 11 is 0. The Hall–Kier alpha value is -0.980. The second kappa shape index (κ2) is 4.15. The van der Waals surface area contributed by atoms with Crippen molar-refractivity contribution in [1.82, 2.24) is 0 Å². The Labute approximate surface area is 74.4 Å². The molecule has 1 nitrogen and oxygen atoms in total. The average molecular weight is 162 g/mol. The van der Waals surface area contributed by atoms with E-state index in [9.17, 15) is 0 Å². The first kappa shape index (κ1) is 9.11. The molecule has 12 heavy (non-hydrogen) atoms. The standard InChI is InChI=1S/C11H14O/c1-4-5-10-8-9(2)6-7-11(10)12-3/h6-8H,1-2,4-5H2,3H3. The Morgan fingerprint density at radius 2 is 2.17 bits per heavy atom. The van der Waals surface area contributed by atoms with Crippen molar-refractivity contribution >= 4 is 0 Å². The molecule has 0 heterocycles. The molecule has 1 aromatic carbocycles. The molecule has 0 fully saturated rings. The Morgan fingerprint density at radius 1 is 1.42 bits per heavy atom. The molecule has 0 N–H and O–H groups in total. The van der Waals surface area contributed by atoms with E-state index in [2.05, 4.69) is 13.8 Å². The van der Waals surface area contributed by atoms with Gasteiger partial charge in [-0.2, -0.15) is 0 Å². The predicted octanol–water partition coefficient (Wildman–Crippen LogP) is 2.64. The fourth-order valence-corrected chi connectivity index (χ4v) is 1.22. The van der Waals surface area contributed by atoms with Crippen LogP contribution in [0.4, 0.5) is 0 Å². The lowest BCUT2D eigenvalue weighted by Gasteiger charge is -2.07. The largest absolute Gasteiger partial charge is 0.496 e. The molecule has 0 saturated carbocycles. The molecule has 0 amide bonds. The predicted molar refractivity (Wildman–Crippen MR) is 51.1 cm³/mol. The van der Waals surface area contributed by atoms with Gasteiger partial charge in [0.25, 0.3) is 0 Å². The topological polar surface area (TPSA) is 9.23 Å². The quantitative estimate of drug-likeness (QED) is 0.664. The van der Waals surface area contributed by atoms with Crippen molar-refractivity contribution in [3.63, 3.8) is 0 Å². The highest BCUT2D eigenvalue weighted by Crippen LogP contribution is 2.20. The summed E-state index contributed by atoms with van der Waals surface area (Å²) in [5, 5.41) is 0. The van der Waals surface area contributed by atoms with E-state index < -0.39 is 0 Å². The van der Waals surface area contributed by atoms with Crippen LogP contribution in [0.15, 0.2) is 18.2 Å². The highest BCUT2D eigenvalue weighted by molar-refractivity contribution is 5.38. The van der Waals surface area contributed by atoms with E-state index in [0.717, 1.165) is 24.2 Å². The van der Waals surface area contributed by atoms with Crippen LogP contribution in [0.1, 0.15) is 17.5 Å². The van der Waals surface area contributed by atoms with Crippen molar-refractivity contribution in [2.24, 2.45) is 0 Å². The van der Waals surface area contributed by atoms with Gasteiger partial charge in [-0.1, -0.05) is 19.1 Å². The van der Waals surface area contributed by atoms with Gasteiger partial charge in [0.15, 0.2) is 0 Å².